The molecular formula is C19H26N4. The molecule has 0 spiro atoms. The summed E-state index contributed by atoms with van der Waals surface area (Å²) in [6.45, 7) is 5.69. The average Bonchev–Trinajstić information content (AvgIpc) is 3.27. The van der Waals surface area contributed by atoms with Gasteiger partial charge in [-0.25, -0.2) is 4.99 Å². The van der Waals surface area contributed by atoms with Crippen molar-refractivity contribution in [2.75, 3.05) is 24.5 Å². The molecule has 0 unspecified atom stereocenters. The van der Waals surface area contributed by atoms with Gasteiger partial charge in [0.15, 0.2) is 5.96 Å². The summed E-state index contributed by atoms with van der Waals surface area (Å²) in [4.78, 5) is 7.11. The number of hydrogen-bond acceptors (Lipinski definition) is 2. The summed E-state index contributed by atoms with van der Waals surface area (Å²) in [6, 6.07) is 9.18. The van der Waals surface area contributed by atoms with Gasteiger partial charge < -0.3 is 15.5 Å². The number of benzene rings is 1. The maximum Gasteiger partial charge on any atom is 0.191 e. The normalized spacial score (nSPS) is 18.0. The maximum atomic E-state index is 4.75. The zero-order chi connectivity index (χ0) is 15.9. The Morgan fingerprint density at radius 2 is 1.96 bits per heavy atom. The lowest BCUT2D eigenvalue weighted by Gasteiger charge is -2.19. The van der Waals surface area contributed by atoms with Gasteiger partial charge in [-0.05, 0) is 37.5 Å². The van der Waals surface area contributed by atoms with Crippen LogP contribution in [0.3, 0.4) is 0 Å². The molecule has 4 heteroatoms. The molecule has 0 saturated heterocycles. The number of rotatable bonds is 5. The van der Waals surface area contributed by atoms with Crippen LogP contribution in [0.1, 0.15) is 25.3 Å². The molecule has 1 aromatic carbocycles. The van der Waals surface area contributed by atoms with Gasteiger partial charge in [-0.3, -0.25) is 0 Å². The van der Waals surface area contributed by atoms with Gasteiger partial charge in [-0.1, -0.05) is 36.4 Å². The van der Waals surface area contributed by atoms with Gasteiger partial charge in [0.2, 0.25) is 0 Å². The Balaban J connectivity index is 1.62. The first-order valence-corrected chi connectivity index (χ1v) is 8.54. The zero-order valence-corrected chi connectivity index (χ0v) is 13.8. The lowest BCUT2D eigenvalue weighted by molar-refractivity contribution is 0.633. The maximum absolute atomic E-state index is 4.75. The summed E-state index contributed by atoms with van der Waals surface area (Å²) < 4.78 is 0. The zero-order valence-electron chi connectivity index (χ0n) is 13.8. The van der Waals surface area contributed by atoms with Crippen molar-refractivity contribution >= 4 is 11.6 Å². The van der Waals surface area contributed by atoms with E-state index >= 15 is 0 Å². The molecule has 1 heterocycles. The Kier molecular flexibility index (Phi) is 5.35. The Bertz CT molecular complexity index is 587. The van der Waals surface area contributed by atoms with Gasteiger partial charge in [-0.2, -0.15) is 0 Å². The van der Waals surface area contributed by atoms with Crippen LogP contribution in [0.5, 0.6) is 0 Å². The van der Waals surface area contributed by atoms with Crippen molar-refractivity contribution in [1.29, 1.82) is 0 Å². The van der Waals surface area contributed by atoms with Crippen molar-refractivity contribution in [3.8, 4) is 0 Å². The van der Waals surface area contributed by atoms with E-state index in [4.69, 9.17) is 4.99 Å². The fraction of sp³-hybridized carbons (Fsp3) is 0.421. The van der Waals surface area contributed by atoms with E-state index in [0.717, 1.165) is 38.4 Å². The fourth-order valence-electron chi connectivity index (χ4n) is 2.96. The second-order valence-corrected chi connectivity index (χ2v) is 6.03. The third kappa shape index (κ3) is 4.38. The Morgan fingerprint density at radius 1 is 1.17 bits per heavy atom. The van der Waals surface area contributed by atoms with Gasteiger partial charge >= 0.3 is 0 Å². The molecule has 2 aliphatic rings. The topological polar surface area (TPSA) is 39.7 Å². The molecule has 1 aliphatic heterocycles. The molecule has 0 amide bonds. The van der Waals surface area contributed by atoms with Crippen LogP contribution >= 0.6 is 0 Å². The van der Waals surface area contributed by atoms with E-state index in [2.05, 4.69) is 71.0 Å². The van der Waals surface area contributed by atoms with E-state index in [9.17, 15) is 0 Å². The smallest absolute Gasteiger partial charge is 0.191 e. The number of nitrogens with zero attached hydrogens (tertiary/aromatic N) is 2. The van der Waals surface area contributed by atoms with Crippen molar-refractivity contribution in [3.63, 3.8) is 0 Å². The predicted octanol–water partition coefficient (Wildman–Crippen LogP) is 2.84. The molecule has 0 radical (unpaired) electrons. The van der Waals surface area contributed by atoms with Crippen LogP contribution in [-0.2, 0) is 6.54 Å². The first kappa shape index (κ1) is 15.7. The predicted molar refractivity (Wildman–Crippen MR) is 97.9 cm³/mol. The number of anilines is 1. The minimum absolute atomic E-state index is 0.481. The SMILES string of the molecule is CCNC(=NCc1cccc(N2CC=CC2)c1)NC1CC=CC1. The van der Waals surface area contributed by atoms with Crippen LogP contribution in [-0.4, -0.2) is 31.6 Å². The van der Waals surface area contributed by atoms with Crippen molar-refractivity contribution in [1.82, 2.24) is 10.6 Å². The number of guanidine groups is 1. The molecule has 23 heavy (non-hydrogen) atoms. The second kappa shape index (κ2) is 7.86. The van der Waals surface area contributed by atoms with Crippen molar-refractivity contribution in [2.45, 2.75) is 32.4 Å². The van der Waals surface area contributed by atoms with Crippen LogP contribution < -0.4 is 15.5 Å². The van der Waals surface area contributed by atoms with E-state index in [0.29, 0.717) is 12.6 Å². The van der Waals surface area contributed by atoms with Crippen LogP contribution in [0, 0.1) is 0 Å². The lowest BCUT2D eigenvalue weighted by Crippen LogP contribution is -2.42. The summed E-state index contributed by atoms with van der Waals surface area (Å²) in [5.41, 5.74) is 2.52. The van der Waals surface area contributed by atoms with E-state index in [1.54, 1.807) is 0 Å². The number of hydrogen-bond donors (Lipinski definition) is 2. The summed E-state index contributed by atoms with van der Waals surface area (Å²) >= 11 is 0. The standard InChI is InChI=1S/C19H26N4/c1-2-20-19(22-17-9-3-4-10-17)21-15-16-8-7-11-18(14-16)23-12-5-6-13-23/h3-8,11,14,17H,2,9-10,12-13,15H2,1H3,(H2,20,21,22). The molecule has 122 valence electrons. The largest absolute Gasteiger partial charge is 0.364 e. The lowest BCUT2D eigenvalue weighted by atomic mass is 10.2. The fourth-order valence-corrected chi connectivity index (χ4v) is 2.96. The molecule has 1 aliphatic carbocycles. The monoisotopic (exact) mass is 310 g/mol. The van der Waals surface area contributed by atoms with Crippen molar-refractivity contribution in [2.24, 2.45) is 4.99 Å². The van der Waals surface area contributed by atoms with Crippen LogP contribution in [0.25, 0.3) is 0 Å². The Hall–Kier alpha value is -2.23. The minimum atomic E-state index is 0.481. The van der Waals surface area contributed by atoms with Gasteiger partial charge in [0.1, 0.15) is 0 Å². The van der Waals surface area contributed by atoms with Crippen molar-refractivity contribution in [3.05, 3.63) is 54.1 Å². The highest BCUT2D eigenvalue weighted by atomic mass is 15.2. The first-order valence-electron chi connectivity index (χ1n) is 8.54. The molecule has 0 bridgehead atoms. The highest BCUT2D eigenvalue weighted by Gasteiger charge is 2.11. The van der Waals surface area contributed by atoms with Gasteiger partial charge in [0.25, 0.3) is 0 Å². The molecule has 4 nitrogen and oxygen atoms in total. The van der Waals surface area contributed by atoms with E-state index in [-0.39, 0.29) is 0 Å². The van der Waals surface area contributed by atoms with Crippen LogP contribution in [0.2, 0.25) is 0 Å². The Labute approximate surface area is 139 Å². The number of aliphatic imine (C=N–C) groups is 1. The highest BCUT2D eigenvalue weighted by Crippen LogP contribution is 2.19. The van der Waals surface area contributed by atoms with Gasteiger partial charge in [-0.15, -0.1) is 0 Å². The van der Waals surface area contributed by atoms with E-state index in [1.165, 1.54) is 11.3 Å². The quantitative estimate of drug-likeness (QED) is 0.499. The van der Waals surface area contributed by atoms with E-state index in [1.807, 2.05) is 0 Å². The molecule has 0 saturated carbocycles. The molecule has 0 fully saturated rings. The summed E-state index contributed by atoms with van der Waals surface area (Å²) in [7, 11) is 0. The van der Waals surface area contributed by atoms with E-state index < -0.39 is 0 Å². The molecule has 3 rings (SSSR count). The molecule has 0 atom stereocenters. The molecule has 2 N–H and O–H groups in total. The molecular weight excluding hydrogens is 284 g/mol. The molecule has 0 aromatic heterocycles. The van der Waals surface area contributed by atoms with Crippen LogP contribution in [0.15, 0.2) is 53.6 Å². The third-order valence-corrected chi connectivity index (χ3v) is 4.21. The average molecular weight is 310 g/mol. The van der Waals surface area contributed by atoms with Crippen molar-refractivity contribution < 1.29 is 0 Å². The summed E-state index contributed by atoms with van der Waals surface area (Å²) in [6.07, 6.45) is 11.1. The van der Waals surface area contributed by atoms with Gasteiger partial charge in [0.05, 0.1) is 6.54 Å². The Morgan fingerprint density at radius 3 is 2.70 bits per heavy atom. The second-order valence-electron chi connectivity index (χ2n) is 6.03. The summed E-state index contributed by atoms with van der Waals surface area (Å²) in [5, 5.41) is 6.85. The first-order chi connectivity index (χ1) is 11.3. The van der Waals surface area contributed by atoms with Gasteiger partial charge in [0, 0.05) is 31.4 Å². The minimum Gasteiger partial charge on any atom is -0.364 e. The number of nitrogens with one attached hydrogen (secondary N) is 2. The molecule has 1 aromatic rings. The summed E-state index contributed by atoms with van der Waals surface area (Å²) in [5.74, 6) is 0.912. The highest BCUT2D eigenvalue weighted by molar-refractivity contribution is 5.80. The third-order valence-electron chi connectivity index (χ3n) is 4.21. The van der Waals surface area contributed by atoms with Crippen LogP contribution in [0.4, 0.5) is 5.69 Å².